The number of alkyl halides is 2. The summed E-state index contributed by atoms with van der Waals surface area (Å²) in [5.41, 5.74) is 3.21. The predicted molar refractivity (Wildman–Crippen MR) is 121 cm³/mol. The van der Waals surface area contributed by atoms with Gasteiger partial charge in [0.2, 0.25) is 5.24 Å². The Morgan fingerprint density at radius 3 is 1.96 bits per heavy atom. The molecule has 158 valence electrons. The zero-order chi connectivity index (χ0) is 21.3. The number of nitrogens with one attached hydrogen (secondary N) is 1. The molecule has 3 N–H and O–H groups in total. The molecule has 0 fully saturated rings. The molecule has 0 spiro atoms. The number of rotatable bonds is 2. The number of hydrazine groups is 1. The lowest BCUT2D eigenvalue weighted by atomic mass is 10.0. The molecule has 1 aromatic rings. The summed E-state index contributed by atoms with van der Waals surface area (Å²) in [6.45, 7) is 6.02. The molecule has 28 heavy (non-hydrogen) atoms. The van der Waals surface area contributed by atoms with Crippen LogP contribution in [0.3, 0.4) is 0 Å². The highest BCUT2D eigenvalue weighted by Gasteiger charge is 2.39. The van der Waals surface area contributed by atoms with Crippen LogP contribution in [0, 0.1) is 5.92 Å². The van der Waals surface area contributed by atoms with E-state index >= 15 is 0 Å². The second-order valence-corrected chi connectivity index (χ2v) is 8.75. The summed E-state index contributed by atoms with van der Waals surface area (Å²) in [6, 6.07) is 8.74. The van der Waals surface area contributed by atoms with Crippen molar-refractivity contribution in [1.82, 2.24) is 5.43 Å². The van der Waals surface area contributed by atoms with Crippen molar-refractivity contribution in [2.45, 2.75) is 30.9 Å². The molecule has 1 aromatic carbocycles. The third-order valence-electron chi connectivity index (χ3n) is 2.87. The zero-order valence-corrected chi connectivity index (χ0v) is 20.1. The molecule has 4 nitrogen and oxygen atoms in total. The van der Waals surface area contributed by atoms with Gasteiger partial charge in [-0.05, 0) is 72.1 Å². The maximum absolute atomic E-state index is 13.4. The largest absolute Gasteiger partial charge is 0.280 e. The number of carbonyl (C=O) groups excluding carboxylic acids is 2. The van der Waals surface area contributed by atoms with E-state index in [2.05, 4.69) is 21.4 Å². The molecular formula is C18H22BrCl4FN2O2. The number of hydrogen-bond acceptors (Lipinski definition) is 4. The Hall–Kier alpha value is -0.470. The minimum absolute atomic E-state index is 0. The monoisotopic (exact) mass is 536 g/mol. The molecule has 0 aromatic heterocycles. The average Bonchev–Trinajstić information content (AvgIpc) is 2.54. The highest BCUT2D eigenvalue weighted by atomic mass is 79.9. The fourth-order valence-corrected chi connectivity index (χ4v) is 2.89. The van der Waals surface area contributed by atoms with Crippen LogP contribution in [0.1, 0.15) is 31.1 Å². The van der Waals surface area contributed by atoms with E-state index in [4.69, 9.17) is 40.6 Å². The molecule has 0 amide bonds. The van der Waals surface area contributed by atoms with E-state index in [0.717, 1.165) is 6.08 Å². The van der Waals surface area contributed by atoms with E-state index in [1.807, 2.05) is 26.8 Å². The van der Waals surface area contributed by atoms with Crippen molar-refractivity contribution in [2.24, 2.45) is 11.8 Å². The molecule has 0 heterocycles. The molecule has 0 saturated carbocycles. The summed E-state index contributed by atoms with van der Waals surface area (Å²) < 4.78 is 11.5. The van der Waals surface area contributed by atoms with Crippen LogP contribution in [0.25, 0.3) is 0 Å². The first-order valence-electron chi connectivity index (χ1n) is 7.66. The van der Waals surface area contributed by atoms with E-state index in [9.17, 15) is 14.0 Å². The topological polar surface area (TPSA) is 72.2 Å². The average molecular weight is 539 g/mol. The van der Waals surface area contributed by atoms with E-state index in [1.165, 1.54) is 12.2 Å². The highest BCUT2D eigenvalue weighted by Crippen LogP contribution is 2.38. The summed E-state index contributed by atoms with van der Waals surface area (Å²) in [6.07, 6.45) is 3.86. The van der Waals surface area contributed by atoms with Crippen molar-refractivity contribution in [3.05, 3.63) is 59.2 Å². The first-order valence-corrected chi connectivity index (χ1v) is 9.59. The van der Waals surface area contributed by atoms with Gasteiger partial charge in [0.15, 0.2) is 4.58 Å². The second kappa shape index (κ2) is 13.7. The van der Waals surface area contributed by atoms with Gasteiger partial charge in [-0.25, -0.2) is 4.39 Å². The molecule has 2 atom stereocenters. The molecule has 10 heteroatoms. The van der Waals surface area contributed by atoms with Gasteiger partial charge in [0.25, 0.3) is 5.24 Å². The van der Waals surface area contributed by atoms with Gasteiger partial charge in [-0.1, -0.05) is 48.0 Å². The van der Waals surface area contributed by atoms with Crippen molar-refractivity contribution in [2.75, 3.05) is 0 Å². The van der Waals surface area contributed by atoms with Gasteiger partial charge < -0.3 is 0 Å². The minimum Gasteiger partial charge on any atom is -0.280 e. The Bertz CT molecular complexity index is 693. The van der Waals surface area contributed by atoms with E-state index in [1.54, 1.807) is 24.3 Å². The lowest BCUT2D eigenvalue weighted by Gasteiger charge is -2.22. The second-order valence-electron chi connectivity index (χ2n) is 6.38. The molecular weight excluding hydrogens is 517 g/mol. The van der Waals surface area contributed by atoms with Crippen molar-refractivity contribution in [1.29, 1.82) is 0 Å². The Kier molecular flexibility index (Phi) is 14.5. The van der Waals surface area contributed by atoms with Crippen molar-refractivity contribution >= 4 is 73.6 Å². The minimum atomic E-state index is -1.96. The van der Waals surface area contributed by atoms with Crippen LogP contribution >= 0.6 is 63.1 Å². The maximum atomic E-state index is 13.4. The van der Waals surface area contributed by atoms with Crippen LogP contribution in [0.5, 0.6) is 0 Å². The fraction of sp³-hybridized carbons (Fsp3) is 0.333. The fourth-order valence-electron chi connectivity index (χ4n) is 1.43. The van der Waals surface area contributed by atoms with E-state index in [-0.39, 0.29) is 23.0 Å². The third kappa shape index (κ3) is 12.9. The molecule has 1 aliphatic carbocycles. The quantitative estimate of drug-likeness (QED) is 0.214. The van der Waals surface area contributed by atoms with E-state index < -0.39 is 21.0 Å². The summed E-state index contributed by atoms with van der Waals surface area (Å²) in [5.74, 6) is 4.04. The summed E-state index contributed by atoms with van der Waals surface area (Å²) in [4.78, 5) is 21.1. The van der Waals surface area contributed by atoms with Crippen molar-refractivity contribution in [3.8, 4) is 0 Å². The first kappa shape index (κ1) is 29.7. The molecule has 0 bridgehead atoms. The Morgan fingerprint density at radius 2 is 1.68 bits per heavy atom. The molecule has 2 unspecified atom stereocenters. The zero-order valence-electron chi connectivity index (χ0n) is 15.4. The van der Waals surface area contributed by atoms with Gasteiger partial charge in [0.05, 0.1) is 5.92 Å². The Morgan fingerprint density at radius 1 is 1.21 bits per heavy atom. The van der Waals surface area contributed by atoms with Gasteiger partial charge in [-0.15, -0.1) is 12.4 Å². The summed E-state index contributed by atoms with van der Waals surface area (Å²) in [7, 11) is 0. The van der Waals surface area contributed by atoms with Crippen LogP contribution in [0.2, 0.25) is 0 Å². The number of halogens is 6. The van der Waals surface area contributed by atoms with Crippen LogP contribution in [0.15, 0.2) is 53.6 Å². The SMILES string of the molecule is CC(C)(C)NN.Cl.O=C(Cl)C1C=CC(Cl)=CC1(F)Br.O=C(Cl)c1ccccc1. The Balaban J connectivity index is 0. The normalized spacial score (nSPS) is 20.3. The Labute approximate surface area is 194 Å². The van der Waals surface area contributed by atoms with Gasteiger partial charge >= 0.3 is 0 Å². The smallest absolute Gasteiger partial charge is 0.252 e. The van der Waals surface area contributed by atoms with Gasteiger partial charge in [-0.3, -0.25) is 20.9 Å². The molecule has 2 rings (SSSR count). The van der Waals surface area contributed by atoms with Gasteiger partial charge in [0, 0.05) is 16.1 Å². The lowest BCUT2D eigenvalue weighted by molar-refractivity contribution is -0.115. The van der Waals surface area contributed by atoms with E-state index in [0.29, 0.717) is 5.56 Å². The predicted octanol–water partition coefficient (Wildman–Crippen LogP) is 5.86. The standard InChI is InChI=1S/C7H4BrCl2FO.C7H5ClO.C4H12N2.ClH/c8-7(11)3-4(9)1-2-5(7)6(10)12;8-7(9)6-4-2-1-3-5-6;1-4(2,3)6-5;/h1-3,5H;1-5H;6H,5H2,1-3H3;1H. The first-order chi connectivity index (χ1) is 12.3. The van der Waals surface area contributed by atoms with Crippen LogP contribution in [-0.2, 0) is 4.79 Å². The molecule has 0 radical (unpaired) electrons. The number of nitrogens with two attached hydrogens (primary N) is 1. The molecule has 1 aliphatic rings. The third-order valence-corrected chi connectivity index (χ3v) is 4.28. The van der Waals surface area contributed by atoms with Crippen molar-refractivity contribution < 1.29 is 14.0 Å². The van der Waals surface area contributed by atoms with Gasteiger partial charge in [0.1, 0.15) is 0 Å². The lowest BCUT2D eigenvalue weighted by Crippen LogP contribution is -2.41. The van der Waals surface area contributed by atoms with Crippen LogP contribution in [-0.4, -0.2) is 20.6 Å². The van der Waals surface area contributed by atoms with Crippen LogP contribution < -0.4 is 11.3 Å². The van der Waals surface area contributed by atoms with Crippen LogP contribution in [0.4, 0.5) is 4.39 Å². The summed E-state index contributed by atoms with van der Waals surface area (Å²) >= 11 is 18.6. The molecule has 0 saturated heterocycles. The number of allylic oxidation sites excluding steroid dienone is 4. The number of hydrogen-bond donors (Lipinski definition) is 2. The maximum Gasteiger partial charge on any atom is 0.252 e. The number of benzene rings is 1. The highest BCUT2D eigenvalue weighted by molar-refractivity contribution is 9.10. The summed E-state index contributed by atoms with van der Waals surface area (Å²) in [5, 5.41) is -0.926. The molecule has 0 aliphatic heterocycles. The van der Waals surface area contributed by atoms with Gasteiger partial charge in [-0.2, -0.15) is 0 Å². The van der Waals surface area contributed by atoms with Crippen molar-refractivity contribution in [3.63, 3.8) is 0 Å². The number of carbonyl (C=O) groups is 2.